The van der Waals surface area contributed by atoms with Gasteiger partial charge in [-0.05, 0) is 77.5 Å². The number of aryl methyl sites for hydroxylation is 1. The summed E-state index contributed by atoms with van der Waals surface area (Å²) in [4.78, 5) is 11.3. The molecule has 3 nitrogen and oxygen atoms in total. The van der Waals surface area contributed by atoms with Crippen LogP contribution in [0.25, 0.3) is 21.9 Å². The van der Waals surface area contributed by atoms with Crippen molar-refractivity contribution in [2.75, 3.05) is 7.11 Å². The Morgan fingerprint density at radius 1 is 0.862 bits per heavy atom. The van der Waals surface area contributed by atoms with Crippen LogP contribution in [0, 0.1) is 6.92 Å². The first-order valence-corrected chi connectivity index (χ1v) is 9.59. The van der Waals surface area contributed by atoms with Gasteiger partial charge in [0.15, 0.2) is 0 Å². The molecule has 0 amide bonds. The summed E-state index contributed by atoms with van der Waals surface area (Å²) in [6, 6.07) is 25.1. The van der Waals surface area contributed by atoms with Crippen LogP contribution in [0.4, 0.5) is 0 Å². The van der Waals surface area contributed by atoms with Crippen LogP contribution in [0.15, 0.2) is 78.9 Å². The third-order valence-electron chi connectivity index (χ3n) is 4.86. The number of benzene rings is 4. The van der Waals surface area contributed by atoms with E-state index in [1.807, 2.05) is 36.4 Å². The highest BCUT2D eigenvalue weighted by Gasteiger charge is 2.16. The highest BCUT2D eigenvalue weighted by atomic mass is 35.5. The summed E-state index contributed by atoms with van der Waals surface area (Å²) in [6.45, 7) is 2.07. The lowest BCUT2D eigenvalue weighted by Crippen LogP contribution is -1.95. The van der Waals surface area contributed by atoms with Gasteiger partial charge in [-0.15, -0.1) is 0 Å². The fourth-order valence-corrected chi connectivity index (χ4v) is 3.58. The second-order valence-electron chi connectivity index (χ2n) is 6.75. The molecule has 0 aliphatic rings. The van der Waals surface area contributed by atoms with Gasteiger partial charge < -0.3 is 9.47 Å². The lowest BCUT2D eigenvalue weighted by atomic mass is 9.94. The van der Waals surface area contributed by atoms with Crippen molar-refractivity contribution in [2.24, 2.45) is 0 Å². The van der Waals surface area contributed by atoms with Crippen molar-refractivity contribution >= 4 is 27.6 Å². The highest BCUT2D eigenvalue weighted by molar-refractivity contribution is 6.67. The van der Waals surface area contributed by atoms with Crippen molar-refractivity contribution in [2.45, 2.75) is 6.92 Å². The van der Waals surface area contributed by atoms with E-state index in [1.54, 1.807) is 31.4 Å². The van der Waals surface area contributed by atoms with Crippen LogP contribution >= 0.6 is 11.6 Å². The smallest absolute Gasteiger partial charge is 0.252 e. The van der Waals surface area contributed by atoms with Crippen molar-refractivity contribution in [3.8, 4) is 28.4 Å². The van der Waals surface area contributed by atoms with Crippen molar-refractivity contribution in [1.82, 2.24) is 0 Å². The largest absolute Gasteiger partial charge is 0.497 e. The molecular weight excluding hydrogens is 384 g/mol. The molecule has 4 aromatic rings. The van der Waals surface area contributed by atoms with Crippen molar-refractivity contribution in [1.29, 1.82) is 0 Å². The van der Waals surface area contributed by atoms with E-state index in [0.717, 1.165) is 39.0 Å². The molecule has 0 saturated carbocycles. The average Bonchev–Trinajstić information content (AvgIpc) is 2.74. The molecule has 0 atom stereocenters. The Hall–Kier alpha value is -3.30. The summed E-state index contributed by atoms with van der Waals surface area (Å²) in [6.07, 6.45) is 0. The molecule has 0 radical (unpaired) electrons. The maximum atomic E-state index is 11.3. The van der Waals surface area contributed by atoms with Gasteiger partial charge >= 0.3 is 0 Å². The predicted octanol–water partition coefficient (Wildman–Crippen LogP) is 7.00. The number of methoxy groups -OCH3 is 1. The quantitative estimate of drug-likeness (QED) is 0.337. The summed E-state index contributed by atoms with van der Waals surface area (Å²) in [5.41, 5.74) is 3.63. The molecular formula is C25H19ClO3. The monoisotopic (exact) mass is 402 g/mol. The van der Waals surface area contributed by atoms with Crippen LogP contribution in [-0.2, 0) is 0 Å². The van der Waals surface area contributed by atoms with Crippen LogP contribution < -0.4 is 9.47 Å². The number of carbonyl (C=O) groups excluding carboxylic acids is 1. The Kier molecular flexibility index (Phi) is 5.24. The van der Waals surface area contributed by atoms with Gasteiger partial charge in [0.05, 0.1) is 7.11 Å². The predicted molar refractivity (Wildman–Crippen MR) is 117 cm³/mol. The first-order valence-electron chi connectivity index (χ1n) is 9.21. The van der Waals surface area contributed by atoms with E-state index in [9.17, 15) is 4.79 Å². The van der Waals surface area contributed by atoms with E-state index in [-0.39, 0.29) is 0 Å². The fraction of sp³-hybridized carbons (Fsp3) is 0.0800. The number of rotatable bonds is 5. The molecule has 4 heteroatoms. The topological polar surface area (TPSA) is 35.5 Å². The second kappa shape index (κ2) is 7.98. The third kappa shape index (κ3) is 3.82. The van der Waals surface area contributed by atoms with Gasteiger partial charge in [0.25, 0.3) is 5.24 Å². The van der Waals surface area contributed by atoms with Crippen molar-refractivity contribution < 1.29 is 14.3 Å². The average molecular weight is 403 g/mol. The Morgan fingerprint density at radius 2 is 1.55 bits per heavy atom. The van der Waals surface area contributed by atoms with Crippen molar-refractivity contribution in [3.63, 3.8) is 0 Å². The fourth-order valence-electron chi connectivity index (χ4n) is 3.45. The van der Waals surface area contributed by atoms with E-state index < -0.39 is 5.24 Å². The molecule has 0 aliphatic carbocycles. The molecule has 0 N–H and O–H groups in total. The molecule has 4 rings (SSSR count). The summed E-state index contributed by atoms with van der Waals surface area (Å²) < 4.78 is 11.8. The van der Waals surface area contributed by atoms with Gasteiger partial charge in [0.1, 0.15) is 17.2 Å². The summed E-state index contributed by atoms with van der Waals surface area (Å²) in [5.74, 6) is 2.19. The summed E-state index contributed by atoms with van der Waals surface area (Å²) >= 11 is 5.56. The van der Waals surface area contributed by atoms with Gasteiger partial charge in [0.2, 0.25) is 0 Å². The normalized spacial score (nSPS) is 10.7. The zero-order valence-corrected chi connectivity index (χ0v) is 16.9. The number of ether oxygens (including phenoxy) is 2. The summed E-state index contributed by atoms with van der Waals surface area (Å²) in [5, 5.41) is 1.52. The van der Waals surface area contributed by atoms with Crippen LogP contribution in [0.1, 0.15) is 15.9 Å². The number of halogens is 1. The number of hydrogen-bond acceptors (Lipinski definition) is 3. The molecule has 0 spiro atoms. The van der Waals surface area contributed by atoms with E-state index in [2.05, 4.69) is 25.1 Å². The number of carbonyl (C=O) groups is 1. The molecule has 0 unspecified atom stereocenters. The van der Waals surface area contributed by atoms with Gasteiger partial charge in [-0.2, -0.15) is 0 Å². The van der Waals surface area contributed by atoms with Gasteiger partial charge in [-0.3, -0.25) is 4.79 Å². The first kappa shape index (κ1) is 19.0. The van der Waals surface area contributed by atoms with E-state index in [1.165, 1.54) is 0 Å². The summed E-state index contributed by atoms with van der Waals surface area (Å²) in [7, 11) is 1.66. The number of hydrogen-bond donors (Lipinski definition) is 0. The molecule has 0 aromatic heterocycles. The Bertz CT molecular complexity index is 1180. The molecule has 0 saturated heterocycles. The van der Waals surface area contributed by atoms with Gasteiger partial charge in [0, 0.05) is 16.5 Å². The molecule has 144 valence electrons. The molecule has 29 heavy (non-hydrogen) atoms. The standard InChI is InChI=1S/C25H19ClO3/c1-16-14-19-15-21(28-2)12-13-22(19)24(23(16)17-6-4-3-5-7-17)29-20-10-8-18(9-11-20)25(26)27/h3-15H,1-2H3. The van der Waals surface area contributed by atoms with Gasteiger partial charge in [-0.1, -0.05) is 36.4 Å². The lowest BCUT2D eigenvalue weighted by Gasteiger charge is -2.18. The highest BCUT2D eigenvalue weighted by Crippen LogP contribution is 2.42. The minimum Gasteiger partial charge on any atom is -0.497 e. The Labute approximate surface area is 174 Å². The van der Waals surface area contributed by atoms with Crippen molar-refractivity contribution in [3.05, 3.63) is 90.0 Å². The molecule has 4 aromatic carbocycles. The first-order chi connectivity index (χ1) is 14.1. The SMILES string of the molecule is COc1ccc2c(Oc3ccc(C(=O)Cl)cc3)c(-c3ccccc3)c(C)cc2c1. The minimum atomic E-state index is -0.491. The van der Waals surface area contributed by atoms with Crippen LogP contribution in [0.5, 0.6) is 17.2 Å². The number of fused-ring (bicyclic) bond motifs is 1. The van der Waals surface area contributed by atoms with E-state index >= 15 is 0 Å². The molecule has 0 fully saturated rings. The van der Waals surface area contributed by atoms with E-state index in [0.29, 0.717) is 11.3 Å². The van der Waals surface area contributed by atoms with Crippen LogP contribution in [0.2, 0.25) is 0 Å². The molecule has 0 heterocycles. The second-order valence-corrected chi connectivity index (χ2v) is 7.09. The third-order valence-corrected chi connectivity index (χ3v) is 5.08. The zero-order chi connectivity index (χ0) is 20.4. The Morgan fingerprint density at radius 3 is 2.21 bits per heavy atom. The maximum absolute atomic E-state index is 11.3. The van der Waals surface area contributed by atoms with E-state index in [4.69, 9.17) is 21.1 Å². The van der Waals surface area contributed by atoms with Gasteiger partial charge in [-0.25, -0.2) is 0 Å². The Balaban J connectivity index is 1.91. The maximum Gasteiger partial charge on any atom is 0.252 e. The van der Waals surface area contributed by atoms with Crippen LogP contribution in [0.3, 0.4) is 0 Å². The van der Waals surface area contributed by atoms with Crippen LogP contribution in [-0.4, -0.2) is 12.4 Å². The molecule has 0 aliphatic heterocycles. The zero-order valence-electron chi connectivity index (χ0n) is 16.1. The lowest BCUT2D eigenvalue weighted by molar-refractivity contribution is 0.108. The minimum absolute atomic E-state index is 0.432. The molecule has 0 bridgehead atoms.